The molecule has 3 nitrogen and oxygen atoms in total. The molecule has 0 heterocycles. The molecule has 0 unspecified atom stereocenters. The predicted molar refractivity (Wildman–Crippen MR) is 71.6 cm³/mol. The monoisotopic (exact) mass is 278 g/mol. The van der Waals surface area contributed by atoms with E-state index in [0.717, 1.165) is 18.4 Å². The Bertz CT molecular complexity index is 575. The van der Waals surface area contributed by atoms with Crippen LogP contribution in [0, 0.1) is 11.8 Å². The van der Waals surface area contributed by atoms with Gasteiger partial charge < -0.3 is 5.11 Å². The molecule has 0 aromatic heterocycles. The molecule has 2 aliphatic rings. The molecule has 2 saturated carbocycles. The minimum atomic E-state index is -0.883. The Morgan fingerprint density at radius 2 is 2.00 bits per heavy atom. The van der Waals surface area contributed by atoms with Crippen LogP contribution in [0.1, 0.15) is 42.1 Å². The summed E-state index contributed by atoms with van der Waals surface area (Å²) in [4.78, 5) is 22.9. The van der Waals surface area contributed by atoms with Crippen molar-refractivity contribution in [3.05, 3.63) is 34.3 Å². The molecule has 19 heavy (non-hydrogen) atoms. The predicted octanol–water partition coefficient (Wildman–Crippen LogP) is 3.29. The highest BCUT2D eigenvalue weighted by Crippen LogP contribution is 2.50. The number of hydrogen-bond donors (Lipinski definition) is 1. The minimum Gasteiger partial charge on any atom is -0.481 e. The van der Waals surface area contributed by atoms with Crippen LogP contribution in [-0.4, -0.2) is 16.9 Å². The van der Waals surface area contributed by atoms with Crippen LogP contribution in [0.3, 0.4) is 0 Å². The Labute approximate surface area is 116 Å². The van der Waals surface area contributed by atoms with E-state index in [1.165, 1.54) is 0 Å². The van der Waals surface area contributed by atoms with Crippen molar-refractivity contribution in [3.63, 3.8) is 0 Å². The third-order valence-corrected chi connectivity index (χ3v) is 4.66. The number of Topliss-reactive ketones (excluding diaryl/α,β-unsaturated/α-hetero) is 1. The van der Waals surface area contributed by atoms with E-state index in [1.807, 2.05) is 6.07 Å². The fourth-order valence-corrected chi connectivity index (χ4v) is 3.00. The number of ketones is 1. The number of benzene rings is 1. The van der Waals surface area contributed by atoms with Gasteiger partial charge in [-0.05, 0) is 36.3 Å². The summed E-state index contributed by atoms with van der Waals surface area (Å²) >= 11 is 6.25. The average molecular weight is 279 g/mol. The van der Waals surface area contributed by atoms with Crippen molar-refractivity contribution in [2.45, 2.75) is 31.6 Å². The zero-order valence-corrected chi connectivity index (χ0v) is 11.4. The van der Waals surface area contributed by atoms with Crippen molar-refractivity contribution in [1.82, 2.24) is 0 Å². The second-order valence-electron chi connectivity index (χ2n) is 5.91. The molecule has 0 amide bonds. The summed E-state index contributed by atoms with van der Waals surface area (Å²) in [6, 6.07) is 5.39. The van der Waals surface area contributed by atoms with Gasteiger partial charge in [0.25, 0.3) is 0 Å². The Balaban J connectivity index is 1.81. The number of hydrogen-bond acceptors (Lipinski definition) is 2. The Kier molecular flexibility index (Phi) is 2.72. The van der Waals surface area contributed by atoms with Crippen molar-refractivity contribution in [1.29, 1.82) is 0 Å². The van der Waals surface area contributed by atoms with Crippen LogP contribution in [0.4, 0.5) is 0 Å². The summed E-state index contributed by atoms with van der Waals surface area (Å²) in [5, 5.41) is 9.48. The second-order valence-corrected chi connectivity index (χ2v) is 6.31. The van der Waals surface area contributed by atoms with E-state index in [2.05, 4.69) is 6.92 Å². The molecule has 1 aromatic rings. The first-order valence-corrected chi connectivity index (χ1v) is 6.87. The number of carbonyl (C=O) groups excluding carboxylic acids is 1. The average Bonchev–Trinajstić information content (AvgIpc) is 3.23. The topological polar surface area (TPSA) is 54.4 Å². The molecule has 2 atom stereocenters. The van der Waals surface area contributed by atoms with Gasteiger partial charge in [0, 0.05) is 16.5 Å². The van der Waals surface area contributed by atoms with Gasteiger partial charge in [0.15, 0.2) is 5.78 Å². The summed E-state index contributed by atoms with van der Waals surface area (Å²) in [7, 11) is 0. The molecule has 1 aromatic carbocycles. The van der Waals surface area contributed by atoms with E-state index in [0.29, 0.717) is 17.0 Å². The van der Waals surface area contributed by atoms with Gasteiger partial charge in [-0.25, -0.2) is 0 Å². The molecule has 4 heteroatoms. The number of carbonyl (C=O) groups is 2. The van der Waals surface area contributed by atoms with Crippen LogP contribution in [0.5, 0.6) is 0 Å². The maximum absolute atomic E-state index is 12.1. The van der Waals surface area contributed by atoms with Crippen LogP contribution in [-0.2, 0) is 10.2 Å². The van der Waals surface area contributed by atoms with E-state index >= 15 is 0 Å². The Hall–Kier alpha value is -1.35. The van der Waals surface area contributed by atoms with Crippen LogP contribution >= 0.6 is 11.6 Å². The molecule has 0 bridgehead atoms. The largest absolute Gasteiger partial charge is 0.481 e. The lowest BCUT2D eigenvalue weighted by Gasteiger charge is -2.12. The van der Waals surface area contributed by atoms with Gasteiger partial charge in [-0.3, -0.25) is 9.59 Å². The zero-order valence-electron chi connectivity index (χ0n) is 10.6. The van der Waals surface area contributed by atoms with Gasteiger partial charge in [0.2, 0.25) is 0 Å². The Morgan fingerprint density at radius 3 is 2.47 bits per heavy atom. The number of rotatable bonds is 4. The molecular weight excluding hydrogens is 264 g/mol. The summed E-state index contributed by atoms with van der Waals surface area (Å²) in [6.45, 7) is 2.16. The lowest BCUT2D eigenvalue weighted by Crippen LogP contribution is -2.09. The van der Waals surface area contributed by atoms with E-state index in [9.17, 15) is 9.59 Å². The molecule has 1 N–H and O–H groups in total. The molecule has 0 spiro atoms. The molecule has 2 aliphatic carbocycles. The normalized spacial score (nSPS) is 26.8. The van der Waals surface area contributed by atoms with Crippen LogP contribution in [0.2, 0.25) is 5.02 Å². The van der Waals surface area contributed by atoms with E-state index in [1.54, 1.807) is 12.1 Å². The molecule has 0 saturated heterocycles. The highest BCUT2D eigenvalue weighted by atomic mass is 35.5. The van der Waals surface area contributed by atoms with Gasteiger partial charge in [-0.1, -0.05) is 30.7 Å². The number of halogens is 1. The minimum absolute atomic E-state index is 0.0956. The third-order valence-electron chi connectivity index (χ3n) is 4.35. The molecule has 0 aliphatic heterocycles. The lowest BCUT2D eigenvalue weighted by molar-refractivity contribution is -0.138. The first-order chi connectivity index (χ1) is 8.92. The fraction of sp³-hybridized carbons (Fsp3) is 0.467. The van der Waals surface area contributed by atoms with Crippen molar-refractivity contribution in [3.8, 4) is 0 Å². The van der Waals surface area contributed by atoms with Crippen molar-refractivity contribution >= 4 is 23.4 Å². The highest BCUT2D eigenvalue weighted by molar-refractivity contribution is 6.32. The van der Waals surface area contributed by atoms with Crippen molar-refractivity contribution < 1.29 is 14.7 Å². The smallest absolute Gasteiger partial charge is 0.307 e. The highest BCUT2D eigenvalue weighted by Gasteiger charge is 2.48. The third kappa shape index (κ3) is 2.16. The molecule has 100 valence electrons. The molecule has 2 fully saturated rings. The van der Waals surface area contributed by atoms with Gasteiger partial charge in [0.05, 0.1) is 5.92 Å². The van der Waals surface area contributed by atoms with Crippen LogP contribution in [0.15, 0.2) is 18.2 Å². The molecular formula is C15H15ClO3. The number of aliphatic carboxylic acids is 1. The standard InChI is InChI=1S/C15H15ClO3/c1-15(4-5-15)11-3-2-8(6-12(11)16)13(17)9-7-10(9)14(18)19/h2-3,6,9-10H,4-5,7H2,1H3,(H,18,19)/t9-,10-/m0/s1. The summed E-state index contributed by atoms with van der Waals surface area (Å²) in [6.07, 6.45) is 2.71. The maximum atomic E-state index is 12.1. The van der Waals surface area contributed by atoms with Gasteiger partial charge in [-0.15, -0.1) is 0 Å². The summed E-state index contributed by atoms with van der Waals surface area (Å²) in [5.74, 6) is -1.85. The summed E-state index contributed by atoms with van der Waals surface area (Å²) in [5.41, 5.74) is 1.80. The maximum Gasteiger partial charge on any atom is 0.307 e. The number of carboxylic acid groups (broad SMARTS) is 1. The fourth-order valence-electron chi connectivity index (χ4n) is 2.59. The van der Waals surface area contributed by atoms with Gasteiger partial charge in [-0.2, -0.15) is 0 Å². The van der Waals surface area contributed by atoms with Crippen LogP contribution in [0.25, 0.3) is 0 Å². The lowest BCUT2D eigenvalue weighted by atomic mass is 9.95. The quantitative estimate of drug-likeness (QED) is 0.860. The van der Waals surface area contributed by atoms with Crippen molar-refractivity contribution in [2.75, 3.05) is 0 Å². The second kappa shape index (κ2) is 4.07. The SMILES string of the molecule is CC1(c2ccc(C(=O)[C@H]3C[C@@H]3C(=O)O)cc2Cl)CC1. The number of carboxylic acids is 1. The van der Waals surface area contributed by atoms with E-state index < -0.39 is 11.9 Å². The first kappa shape index (κ1) is 12.7. The Morgan fingerprint density at radius 1 is 1.32 bits per heavy atom. The van der Waals surface area contributed by atoms with E-state index in [4.69, 9.17) is 16.7 Å². The summed E-state index contributed by atoms with van der Waals surface area (Å²) < 4.78 is 0. The van der Waals surface area contributed by atoms with Crippen molar-refractivity contribution in [2.24, 2.45) is 11.8 Å². The first-order valence-electron chi connectivity index (χ1n) is 6.49. The van der Waals surface area contributed by atoms with E-state index in [-0.39, 0.29) is 17.1 Å². The zero-order chi connectivity index (χ0) is 13.8. The molecule has 3 rings (SSSR count). The van der Waals surface area contributed by atoms with Crippen LogP contribution < -0.4 is 0 Å². The van der Waals surface area contributed by atoms with Gasteiger partial charge in [0.1, 0.15) is 0 Å². The molecule has 0 radical (unpaired) electrons. The van der Waals surface area contributed by atoms with Gasteiger partial charge >= 0.3 is 5.97 Å².